The number of hydrogen-bond donors (Lipinski definition) is 1. The Bertz CT molecular complexity index is 125. The first-order chi connectivity index (χ1) is 4.41. The summed E-state index contributed by atoms with van der Waals surface area (Å²) in [5, 5.41) is 8.79. The molecule has 0 amide bonds. The average Bonchev–Trinajstić information content (AvgIpc) is 1.86. The van der Waals surface area contributed by atoms with Crippen LogP contribution in [-0.2, 0) is 4.79 Å². The van der Waals surface area contributed by atoms with Crippen molar-refractivity contribution in [3.8, 4) is 0 Å². The van der Waals surface area contributed by atoms with Crippen molar-refractivity contribution in [1.29, 1.82) is 0 Å². The molecule has 0 rings (SSSR count). The van der Waals surface area contributed by atoms with Gasteiger partial charge in [0.25, 0.3) is 0 Å². The van der Waals surface area contributed by atoms with Crippen molar-refractivity contribution >= 4 is 5.78 Å². The highest BCUT2D eigenvalue weighted by Gasteiger charge is 2.28. The zero-order valence-corrected chi connectivity index (χ0v) is 7.14. The smallest absolute Gasteiger partial charge is 0.143 e. The summed E-state index contributed by atoms with van der Waals surface area (Å²) in [6, 6.07) is 0. The number of carbonyl (C=O) groups excluding carboxylic acids is 1. The summed E-state index contributed by atoms with van der Waals surface area (Å²) >= 11 is 0. The van der Waals surface area contributed by atoms with E-state index in [2.05, 4.69) is 0 Å². The van der Waals surface area contributed by atoms with Gasteiger partial charge >= 0.3 is 0 Å². The first-order valence-electron chi connectivity index (χ1n) is 3.57. The fourth-order valence-corrected chi connectivity index (χ4v) is 0.859. The van der Waals surface area contributed by atoms with Crippen LogP contribution in [0.4, 0.5) is 0 Å². The number of Topliss-reactive ketones (excluding diaryl/α,β-unsaturated/α-hetero) is 1. The van der Waals surface area contributed by atoms with Crippen LogP contribution in [0.15, 0.2) is 0 Å². The number of aliphatic hydroxyl groups is 1. The summed E-state index contributed by atoms with van der Waals surface area (Å²) in [5.74, 6) is 0.136. The van der Waals surface area contributed by atoms with Gasteiger partial charge in [0.1, 0.15) is 5.78 Å². The molecule has 0 atom stereocenters. The molecule has 0 aromatic carbocycles. The van der Waals surface area contributed by atoms with Gasteiger partial charge in [-0.05, 0) is 0 Å². The predicted molar refractivity (Wildman–Crippen MR) is 40.7 cm³/mol. The monoisotopic (exact) mass is 144 g/mol. The summed E-state index contributed by atoms with van der Waals surface area (Å²) in [4.78, 5) is 11.2. The van der Waals surface area contributed by atoms with E-state index >= 15 is 0 Å². The maximum atomic E-state index is 11.2. The van der Waals surface area contributed by atoms with Crippen LogP contribution in [0.3, 0.4) is 0 Å². The number of aliphatic hydroxyl groups excluding tert-OH is 1. The van der Waals surface area contributed by atoms with Crippen LogP contribution in [-0.4, -0.2) is 17.5 Å². The van der Waals surface area contributed by atoms with Crippen molar-refractivity contribution in [2.24, 2.45) is 11.3 Å². The van der Waals surface area contributed by atoms with Gasteiger partial charge in [0, 0.05) is 11.3 Å². The fraction of sp³-hybridized carbons (Fsp3) is 0.875. The van der Waals surface area contributed by atoms with E-state index < -0.39 is 5.41 Å². The Balaban J connectivity index is 4.19. The van der Waals surface area contributed by atoms with E-state index in [1.54, 1.807) is 13.8 Å². The first kappa shape index (κ1) is 9.63. The normalized spacial score (nSPS) is 12.2. The highest BCUT2D eigenvalue weighted by Crippen LogP contribution is 2.19. The van der Waals surface area contributed by atoms with Crippen LogP contribution in [0.5, 0.6) is 0 Å². The van der Waals surface area contributed by atoms with Gasteiger partial charge in [-0.2, -0.15) is 0 Å². The lowest BCUT2D eigenvalue weighted by Crippen LogP contribution is -2.31. The lowest BCUT2D eigenvalue weighted by Gasteiger charge is -2.21. The molecule has 2 heteroatoms. The van der Waals surface area contributed by atoms with Crippen LogP contribution in [0.2, 0.25) is 0 Å². The molecule has 0 heterocycles. The quantitative estimate of drug-likeness (QED) is 0.647. The molecule has 0 bridgehead atoms. The van der Waals surface area contributed by atoms with Crippen LogP contribution < -0.4 is 0 Å². The lowest BCUT2D eigenvalue weighted by atomic mass is 9.83. The second-order valence-corrected chi connectivity index (χ2v) is 3.56. The minimum Gasteiger partial charge on any atom is -0.395 e. The minimum atomic E-state index is -0.561. The molecule has 0 saturated heterocycles. The maximum absolute atomic E-state index is 11.2. The zero-order valence-electron chi connectivity index (χ0n) is 7.14. The number of rotatable bonds is 3. The molecule has 0 aliphatic rings. The van der Waals surface area contributed by atoms with Crippen molar-refractivity contribution in [2.75, 3.05) is 6.61 Å². The molecule has 2 nitrogen and oxygen atoms in total. The van der Waals surface area contributed by atoms with E-state index in [4.69, 9.17) is 5.11 Å². The molecular formula is C8H16O2. The second kappa shape index (κ2) is 3.15. The van der Waals surface area contributed by atoms with Crippen molar-refractivity contribution in [3.63, 3.8) is 0 Å². The van der Waals surface area contributed by atoms with Gasteiger partial charge in [-0.25, -0.2) is 0 Å². The average molecular weight is 144 g/mol. The number of ketones is 1. The molecule has 0 radical (unpaired) electrons. The number of carbonyl (C=O) groups is 1. The summed E-state index contributed by atoms with van der Waals surface area (Å²) in [6.45, 7) is 7.15. The Hall–Kier alpha value is -0.370. The third-order valence-electron chi connectivity index (χ3n) is 1.59. The summed E-state index contributed by atoms with van der Waals surface area (Å²) < 4.78 is 0. The molecule has 60 valence electrons. The standard InChI is InChI=1S/C8H16O2/c1-6(2)7(10)8(3,4)5-9/h6,9H,5H2,1-4H3. The molecule has 0 aliphatic heterocycles. The maximum Gasteiger partial charge on any atom is 0.143 e. The Morgan fingerprint density at radius 3 is 2.00 bits per heavy atom. The number of hydrogen-bond acceptors (Lipinski definition) is 2. The van der Waals surface area contributed by atoms with Crippen LogP contribution in [0.25, 0.3) is 0 Å². The molecule has 0 unspecified atom stereocenters. The summed E-state index contributed by atoms with van der Waals surface area (Å²) in [7, 11) is 0. The fourth-order valence-electron chi connectivity index (χ4n) is 0.859. The SMILES string of the molecule is CC(C)C(=O)C(C)(C)CO. The van der Waals surface area contributed by atoms with Gasteiger partial charge < -0.3 is 5.11 Å². The molecule has 0 fully saturated rings. The second-order valence-electron chi connectivity index (χ2n) is 3.56. The molecule has 0 saturated carbocycles. The molecule has 1 N–H and O–H groups in total. The Kier molecular flexibility index (Phi) is 3.03. The van der Waals surface area contributed by atoms with Crippen LogP contribution in [0, 0.1) is 11.3 Å². The predicted octanol–water partition coefficient (Wildman–Crippen LogP) is 1.23. The molecule has 0 spiro atoms. The van der Waals surface area contributed by atoms with Gasteiger partial charge in [0.2, 0.25) is 0 Å². The molecule has 0 aliphatic carbocycles. The highest BCUT2D eigenvalue weighted by molar-refractivity contribution is 5.85. The largest absolute Gasteiger partial charge is 0.395 e. The first-order valence-corrected chi connectivity index (χ1v) is 3.57. The minimum absolute atomic E-state index is 0.0159. The van der Waals surface area contributed by atoms with Crippen LogP contribution in [0.1, 0.15) is 27.7 Å². The van der Waals surface area contributed by atoms with Crippen molar-refractivity contribution < 1.29 is 9.90 Å². The third-order valence-corrected chi connectivity index (χ3v) is 1.59. The van der Waals surface area contributed by atoms with E-state index in [0.717, 1.165) is 0 Å². The highest BCUT2D eigenvalue weighted by atomic mass is 16.3. The molecular weight excluding hydrogens is 128 g/mol. The van der Waals surface area contributed by atoms with E-state index in [1.807, 2.05) is 13.8 Å². The van der Waals surface area contributed by atoms with E-state index in [-0.39, 0.29) is 18.3 Å². The van der Waals surface area contributed by atoms with Crippen molar-refractivity contribution in [3.05, 3.63) is 0 Å². The Morgan fingerprint density at radius 2 is 1.90 bits per heavy atom. The van der Waals surface area contributed by atoms with E-state index in [9.17, 15) is 4.79 Å². The lowest BCUT2D eigenvalue weighted by molar-refractivity contribution is -0.132. The topological polar surface area (TPSA) is 37.3 Å². The van der Waals surface area contributed by atoms with Gasteiger partial charge in [-0.3, -0.25) is 4.79 Å². The van der Waals surface area contributed by atoms with Gasteiger partial charge in [0.15, 0.2) is 0 Å². The van der Waals surface area contributed by atoms with Gasteiger partial charge in [-0.1, -0.05) is 27.7 Å². The van der Waals surface area contributed by atoms with E-state index in [1.165, 1.54) is 0 Å². The molecule has 10 heavy (non-hydrogen) atoms. The Morgan fingerprint density at radius 1 is 1.50 bits per heavy atom. The zero-order chi connectivity index (χ0) is 8.36. The summed E-state index contributed by atoms with van der Waals surface area (Å²) in [5.41, 5.74) is -0.561. The van der Waals surface area contributed by atoms with Gasteiger partial charge in [-0.15, -0.1) is 0 Å². The summed E-state index contributed by atoms with van der Waals surface area (Å²) in [6.07, 6.45) is 0. The Labute approximate surface area is 62.2 Å². The van der Waals surface area contributed by atoms with Gasteiger partial charge in [0.05, 0.1) is 6.61 Å². The van der Waals surface area contributed by atoms with E-state index in [0.29, 0.717) is 0 Å². The van der Waals surface area contributed by atoms with Crippen molar-refractivity contribution in [1.82, 2.24) is 0 Å². The van der Waals surface area contributed by atoms with Crippen molar-refractivity contribution in [2.45, 2.75) is 27.7 Å². The molecule has 0 aromatic rings. The third kappa shape index (κ3) is 2.10. The molecule has 0 aromatic heterocycles. The van der Waals surface area contributed by atoms with Crippen LogP contribution >= 0.6 is 0 Å².